The Bertz CT molecular complexity index is 537. The van der Waals surface area contributed by atoms with Gasteiger partial charge in [0.15, 0.2) is 5.78 Å². The Balaban J connectivity index is 1.50. The molecule has 3 fully saturated rings. The van der Waals surface area contributed by atoms with Crippen LogP contribution in [0.25, 0.3) is 0 Å². The van der Waals surface area contributed by atoms with E-state index in [1.54, 1.807) is 7.11 Å². The Kier molecular flexibility index (Phi) is 3.26. The summed E-state index contributed by atoms with van der Waals surface area (Å²) in [4.78, 5) is 12.9. The van der Waals surface area contributed by atoms with Crippen LogP contribution in [0.2, 0.25) is 0 Å². The molecule has 1 aromatic rings. The summed E-state index contributed by atoms with van der Waals surface area (Å²) in [5.74, 6) is 4.34. The zero-order chi connectivity index (χ0) is 14.4. The van der Waals surface area contributed by atoms with Gasteiger partial charge in [-0.2, -0.15) is 0 Å². The van der Waals surface area contributed by atoms with Crippen LogP contribution in [-0.2, 0) is 4.74 Å². The number of rotatable bonds is 6. The van der Waals surface area contributed by atoms with Crippen LogP contribution in [0.1, 0.15) is 29.6 Å². The van der Waals surface area contributed by atoms with E-state index in [-0.39, 0.29) is 5.92 Å². The lowest BCUT2D eigenvalue weighted by atomic mass is 9.96. The Morgan fingerprint density at radius 3 is 2.57 bits per heavy atom. The Morgan fingerprint density at radius 1 is 1.14 bits per heavy atom. The van der Waals surface area contributed by atoms with Crippen LogP contribution in [-0.4, -0.2) is 26.1 Å². The zero-order valence-corrected chi connectivity index (χ0v) is 12.5. The molecule has 3 heteroatoms. The highest BCUT2D eigenvalue weighted by atomic mass is 16.5. The van der Waals surface area contributed by atoms with E-state index in [2.05, 4.69) is 0 Å². The highest BCUT2D eigenvalue weighted by Gasteiger charge is 2.67. The van der Waals surface area contributed by atoms with E-state index in [0.717, 1.165) is 23.1 Å². The van der Waals surface area contributed by atoms with E-state index in [0.29, 0.717) is 30.8 Å². The van der Waals surface area contributed by atoms with Crippen molar-refractivity contribution in [1.82, 2.24) is 0 Å². The molecule has 112 valence electrons. The maximum atomic E-state index is 12.9. The number of carbonyl (C=O) groups excluding carboxylic acids is 1. The van der Waals surface area contributed by atoms with Crippen molar-refractivity contribution < 1.29 is 14.3 Å². The molecule has 0 radical (unpaired) electrons. The van der Waals surface area contributed by atoms with Crippen molar-refractivity contribution in [2.24, 2.45) is 29.6 Å². The third-order valence-corrected chi connectivity index (χ3v) is 5.74. The average Bonchev–Trinajstić information content (AvgIpc) is 2.94. The van der Waals surface area contributed by atoms with Crippen molar-refractivity contribution in [2.75, 3.05) is 20.3 Å². The fraction of sp³-hybridized carbons (Fsp3) is 0.611. The van der Waals surface area contributed by atoms with Gasteiger partial charge in [-0.05, 0) is 55.1 Å². The number of carbonyl (C=O) groups is 1. The summed E-state index contributed by atoms with van der Waals surface area (Å²) < 4.78 is 10.7. The lowest BCUT2D eigenvalue weighted by Gasteiger charge is -2.12. The normalized spacial score (nSPS) is 35.6. The fourth-order valence-electron chi connectivity index (χ4n) is 4.89. The number of ether oxygens (including phenoxy) is 2. The van der Waals surface area contributed by atoms with E-state index in [1.165, 1.54) is 19.3 Å². The lowest BCUT2D eigenvalue weighted by molar-refractivity contribution is 0.0937. The van der Waals surface area contributed by atoms with Crippen molar-refractivity contribution in [3.8, 4) is 5.75 Å². The number of methoxy groups -OCH3 is 1. The molecule has 0 amide bonds. The van der Waals surface area contributed by atoms with Gasteiger partial charge >= 0.3 is 0 Å². The largest absolute Gasteiger partial charge is 0.490 e. The van der Waals surface area contributed by atoms with Gasteiger partial charge in [-0.1, -0.05) is 12.1 Å². The first-order valence-corrected chi connectivity index (χ1v) is 8.06. The van der Waals surface area contributed by atoms with E-state index in [4.69, 9.17) is 9.47 Å². The lowest BCUT2D eigenvalue weighted by Crippen LogP contribution is -2.13. The highest BCUT2D eigenvalue weighted by molar-refractivity contribution is 6.02. The minimum Gasteiger partial charge on any atom is -0.490 e. The summed E-state index contributed by atoms with van der Waals surface area (Å²) >= 11 is 0. The number of fused-ring (bicyclic) bond motifs is 5. The van der Waals surface area contributed by atoms with Crippen LogP contribution in [0, 0.1) is 29.6 Å². The summed E-state index contributed by atoms with van der Waals surface area (Å²) in [6.45, 7) is 1.03. The third-order valence-electron chi connectivity index (χ3n) is 5.74. The summed E-state index contributed by atoms with van der Waals surface area (Å²) in [6.07, 6.45) is 4.08. The Morgan fingerprint density at radius 2 is 1.86 bits per heavy atom. The van der Waals surface area contributed by atoms with E-state index >= 15 is 0 Å². The van der Waals surface area contributed by atoms with Crippen molar-refractivity contribution >= 4 is 5.78 Å². The molecule has 21 heavy (non-hydrogen) atoms. The van der Waals surface area contributed by atoms with Gasteiger partial charge in [0.05, 0.1) is 12.2 Å². The maximum absolute atomic E-state index is 12.9. The molecule has 2 bridgehead atoms. The van der Waals surface area contributed by atoms with Gasteiger partial charge in [0, 0.05) is 13.0 Å². The van der Waals surface area contributed by atoms with Gasteiger partial charge in [-0.15, -0.1) is 0 Å². The molecule has 0 saturated heterocycles. The van der Waals surface area contributed by atoms with Crippen LogP contribution in [0.3, 0.4) is 0 Å². The first kappa shape index (κ1) is 13.3. The first-order valence-electron chi connectivity index (χ1n) is 8.06. The van der Waals surface area contributed by atoms with Crippen LogP contribution in [0.15, 0.2) is 24.3 Å². The van der Waals surface area contributed by atoms with E-state index in [1.807, 2.05) is 24.3 Å². The summed E-state index contributed by atoms with van der Waals surface area (Å²) in [5.41, 5.74) is 0.771. The SMILES string of the molecule is COCCOc1ccccc1C(=O)C1C2C3CCC(C3)C12. The van der Waals surface area contributed by atoms with Crippen molar-refractivity contribution in [3.63, 3.8) is 0 Å². The number of benzene rings is 1. The van der Waals surface area contributed by atoms with Crippen LogP contribution in [0.4, 0.5) is 0 Å². The molecular formula is C18H22O3. The smallest absolute Gasteiger partial charge is 0.170 e. The Labute approximate surface area is 125 Å². The van der Waals surface area contributed by atoms with Gasteiger partial charge < -0.3 is 9.47 Å². The van der Waals surface area contributed by atoms with Gasteiger partial charge in [0.2, 0.25) is 0 Å². The molecule has 0 aromatic heterocycles. The van der Waals surface area contributed by atoms with E-state index < -0.39 is 0 Å². The quantitative estimate of drug-likeness (QED) is 0.595. The van der Waals surface area contributed by atoms with Crippen molar-refractivity contribution in [2.45, 2.75) is 19.3 Å². The Hall–Kier alpha value is -1.35. The third kappa shape index (κ3) is 2.10. The number of hydrogen-bond donors (Lipinski definition) is 0. The van der Waals surface area contributed by atoms with Gasteiger partial charge in [-0.25, -0.2) is 0 Å². The van der Waals surface area contributed by atoms with E-state index in [9.17, 15) is 4.79 Å². The molecule has 3 saturated carbocycles. The predicted octanol–water partition coefficient (Wildman–Crippen LogP) is 3.19. The van der Waals surface area contributed by atoms with Crippen LogP contribution < -0.4 is 4.74 Å². The number of Topliss-reactive ketones (excluding diaryl/α,β-unsaturated/α-hetero) is 1. The molecule has 4 atom stereocenters. The second kappa shape index (κ2) is 5.13. The monoisotopic (exact) mass is 286 g/mol. The van der Waals surface area contributed by atoms with Crippen LogP contribution >= 0.6 is 0 Å². The zero-order valence-electron chi connectivity index (χ0n) is 12.5. The molecule has 0 N–H and O–H groups in total. The van der Waals surface area contributed by atoms with Crippen molar-refractivity contribution in [3.05, 3.63) is 29.8 Å². The van der Waals surface area contributed by atoms with Crippen molar-refractivity contribution in [1.29, 1.82) is 0 Å². The molecule has 3 nitrogen and oxygen atoms in total. The summed E-state index contributed by atoms with van der Waals surface area (Å²) in [5, 5.41) is 0. The number of ketones is 1. The molecule has 4 rings (SSSR count). The molecular weight excluding hydrogens is 264 g/mol. The summed E-state index contributed by atoms with van der Waals surface area (Å²) in [7, 11) is 1.65. The molecule has 4 unspecified atom stereocenters. The fourth-order valence-corrected chi connectivity index (χ4v) is 4.89. The molecule has 0 heterocycles. The van der Waals surface area contributed by atoms with Gasteiger partial charge in [0.1, 0.15) is 12.4 Å². The highest BCUT2D eigenvalue weighted by Crippen LogP contribution is 2.70. The van der Waals surface area contributed by atoms with Crippen LogP contribution in [0.5, 0.6) is 5.75 Å². The second-order valence-corrected chi connectivity index (χ2v) is 6.72. The molecule has 0 aliphatic heterocycles. The number of para-hydroxylation sites is 1. The molecule has 3 aliphatic rings. The summed E-state index contributed by atoms with van der Waals surface area (Å²) in [6, 6.07) is 7.68. The average molecular weight is 286 g/mol. The number of hydrogen-bond acceptors (Lipinski definition) is 3. The first-order chi connectivity index (χ1) is 10.3. The second-order valence-electron chi connectivity index (χ2n) is 6.72. The topological polar surface area (TPSA) is 35.5 Å². The minimum absolute atomic E-state index is 0.281. The predicted molar refractivity (Wildman–Crippen MR) is 79.4 cm³/mol. The van der Waals surface area contributed by atoms with Gasteiger partial charge in [0.25, 0.3) is 0 Å². The maximum Gasteiger partial charge on any atom is 0.170 e. The minimum atomic E-state index is 0.281. The van der Waals surface area contributed by atoms with Gasteiger partial charge in [-0.3, -0.25) is 4.79 Å². The molecule has 0 spiro atoms. The molecule has 1 aromatic carbocycles. The molecule has 3 aliphatic carbocycles. The standard InChI is InChI=1S/C18H22O3/c1-20-8-9-21-14-5-3-2-4-13(14)18(19)17-15-11-6-7-12(10-11)16(15)17/h2-5,11-12,15-17H,6-10H2,1H3.